The van der Waals surface area contributed by atoms with Gasteiger partial charge in [-0.1, -0.05) is 26.0 Å². The summed E-state index contributed by atoms with van der Waals surface area (Å²) in [5, 5.41) is 0.448. The van der Waals surface area contributed by atoms with Crippen LogP contribution in [0.25, 0.3) is 11.1 Å². The molecule has 0 aliphatic carbocycles. The quantitative estimate of drug-likeness (QED) is 0.706. The Hall–Kier alpha value is -1.48. The molecule has 0 unspecified atom stereocenters. The lowest BCUT2D eigenvalue weighted by Gasteiger charge is -2.14. The molecule has 0 amide bonds. The summed E-state index contributed by atoms with van der Waals surface area (Å²) in [6, 6.07) is 11.0. The molecule has 1 nitrogen and oxygen atoms in total. The summed E-state index contributed by atoms with van der Waals surface area (Å²) in [5.74, 6) is 0.447. The highest BCUT2D eigenvalue weighted by molar-refractivity contribution is 8.00. The molecule has 0 N–H and O–H groups in total. The standard InChI is InChI=1S/C17H19FOS/c1-11(2)20-17-9-12(3)5-7-14(17)15-10-13(19-4)6-8-16(15)18/h5-11H,1-4H3. The van der Waals surface area contributed by atoms with E-state index in [1.54, 1.807) is 31.0 Å². The normalized spacial score (nSPS) is 10.9. The average Bonchev–Trinajstić information content (AvgIpc) is 2.39. The second-order valence-electron chi connectivity index (χ2n) is 5.01. The van der Waals surface area contributed by atoms with Crippen molar-refractivity contribution < 1.29 is 9.13 Å². The maximum atomic E-state index is 14.1. The Morgan fingerprint density at radius 2 is 1.80 bits per heavy atom. The summed E-state index contributed by atoms with van der Waals surface area (Å²) in [4.78, 5) is 1.10. The zero-order valence-corrected chi connectivity index (χ0v) is 13.1. The van der Waals surface area contributed by atoms with Gasteiger partial charge in [-0.25, -0.2) is 4.39 Å². The maximum absolute atomic E-state index is 14.1. The second kappa shape index (κ2) is 6.31. The van der Waals surface area contributed by atoms with E-state index in [0.717, 1.165) is 10.5 Å². The van der Waals surface area contributed by atoms with E-state index in [1.807, 2.05) is 12.1 Å². The molecule has 2 aromatic carbocycles. The number of methoxy groups -OCH3 is 1. The summed E-state index contributed by atoms with van der Waals surface area (Å²) < 4.78 is 19.3. The molecule has 20 heavy (non-hydrogen) atoms. The van der Waals surface area contributed by atoms with Crippen molar-refractivity contribution in [1.82, 2.24) is 0 Å². The van der Waals surface area contributed by atoms with E-state index < -0.39 is 0 Å². The zero-order chi connectivity index (χ0) is 14.7. The van der Waals surface area contributed by atoms with Crippen LogP contribution in [-0.4, -0.2) is 12.4 Å². The molecular weight excluding hydrogens is 271 g/mol. The van der Waals surface area contributed by atoms with Crippen molar-refractivity contribution in [3.8, 4) is 16.9 Å². The maximum Gasteiger partial charge on any atom is 0.131 e. The Morgan fingerprint density at radius 3 is 2.45 bits per heavy atom. The molecule has 0 spiro atoms. The first-order chi connectivity index (χ1) is 9.51. The molecule has 0 atom stereocenters. The molecule has 2 rings (SSSR count). The van der Waals surface area contributed by atoms with Crippen LogP contribution < -0.4 is 4.74 Å². The Balaban J connectivity index is 2.56. The fourth-order valence-corrected chi connectivity index (χ4v) is 3.11. The molecular formula is C17H19FOS. The van der Waals surface area contributed by atoms with Crippen molar-refractivity contribution in [1.29, 1.82) is 0 Å². The van der Waals surface area contributed by atoms with Crippen molar-refractivity contribution >= 4 is 11.8 Å². The number of aryl methyl sites for hydroxylation is 1. The summed E-state index contributed by atoms with van der Waals surface area (Å²) in [6.45, 7) is 6.33. The van der Waals surface area contributed by atoms with Crippen molar-refractivity contribution in [3.63, 3.8) is 0 Å². The highest BCUT2D eigenvalue weighted by atomic mass is 32.2. The van der Waals surface area contributed by atoms with E-state index in [2.05, 4.69) is 26.8 Å². The molecule has 0 heterocycles. The molecule has 0 radical (unpaired) electrons. The van der Waals surface area contributed by atoms with Crippen LogP contribution in [0.15, 0.2) is 41.3 Å². The second-order valence-corrected chi connectivity index (χ2v) is 6.63. The molecule has 0 saturated heterocycles. The topological polar surface area (TPSA) is 9.23 Å². The largest absolute Gasteiger partial charge is 0.497 e. The average molecular weight is 290 g/mol. The molecule has 0 saturated carbocycles. The Morgan fingerprint density at radius 1 is 1.05 bits per heavy atom. The minimum atomic E-state index is -0.222. The Kier molecular flexibility index (Phi) is 4.71. The van der Waals surface area contributed by atoms with E-state index in [9.17, 15) is 4.39 Å². The summed E-state index contributed by atoms with van der Waals surface area (Å²) in [7, 11) is 1.59. The third-order valence-corrected chi connectivity index (χ3v) is 4.03. The molecule has 0 aliphatic heterocycles. The van der Waals surface area contributed by atoms with Gasteiger partial charge in [0, 0.05) is 15.7 Å². The fraction of sp³-hybridized carbons (Fsp3) is 0.294. The van der Waals surface area contributed by atoms with E-state index in [-0.39, 0.29) is 5.82 Å². The molecule has 0 aromatic heterocycles. The predicted molar refractivity (Wildman–Crippen MR) is 84.1 cm³/mol. The number of hydrogen-bond acceptors (Lipinski definition) is 2. The van der Waals surface area contributed by atoms with Gasteiger partial charge in [0.25, 0.3) is 0 Å². The summed E-state index contributed by atoms with van der Waals surface area (Å²) >= 11 is 1.75. The minimum Gasteiger partial charge on any atom is -0.497 e. The molecule has 106 valence electrons. The lowest BCUT2D eigenvalue weighted by Crippen LogP contribution is -1.93. The Labute approximate surface area is 124 Å². The van der Waals surface area contributed by atoms with Crippen LogP contribution in [0.3, 0.4) is 0 Å². The summed E-state index contributed by atoms with van der Waals surface area (Å²) in [5.41, 5.74) is 2.69. The van der Waals surface area contributed by atoms with E-state index in [1.165, 1.54) is 11.6 Å². The van der Waals surface area contributed by atoms with Gasteiger partial charge in [-0.3, -0.25) is 0 Å². The third kappa shape index (κ3) is 3.34. The molecule has 0 bridgehead atoms. The van der Waals surface area contributed by atoms with Gasteiger partial charge in [0.15, 0.2) is 0 Å². The lowest BCUT2D eigenvalue weighted by molar-refractivity contribution is 0.414. The van der Waals surface area contributed by atoms with Crippen LogP contribution in [0.1, 0.15) is 19.4 Å². The molecule has 0 aliphatic rings. The van der Waals surface area contributed by atoms with Crippen LogP contribution in [0.4, 0.5) is 4.39 Å². The highest BCUT2D eigenvalue weighted by Gasteiger charge is 2.13. The lowest BCUT2D eigenvalue weighted by atomic mass is 10.0. The number of thioether (sulfide) groups is 1. The van der Waals surface area contributed by atoms with Gasteiger partial charge in [0.2, 0.25) is 0 Å². The van der Waals surface area contributed by atoms with Gasteiger partial charge < -0.3 is 4.74 Å². The number of ether oxygens (including phenoxy) is 1. The molecule has 2 aromatic rings. The van der Waals surface area contributed by atoms with Crippen molar-refractivity contribution in [2.24, 2.45) is 0 Å². The van der Waals surface area contributed by atoms with Crippen LogP contribution in [-0.2, 0) is 0 Å². The van der Waals surface area contributed by atoms with Gasteiger partial charge in [-0.15, -0.1) is 11.8 Å². The SMILES string of the molecule is COc1ccc(F)c(-c2ccc(C)cc2SC(C)C)c1. The van der Waals surface area contributed by atoms with E-state index >= 15 is 0 Å². The first-order valence-corrected chi connectivity index (χ1v) is 7.50. The van der Waals surface area contributed by atoms with Crippen LogP contribution >= 0.6 is 11.8 Å². The predicted octanol–water partition coefficient (Wildman–Crippen LogP) is 5.31. The first kappa shape index (κ1) is 14.9. The van der Waals surface area contributed by atoms with Crippen LogP contribution in [0.2, 0.25) is 0 Å². The Bertz CT molecular complexity index is 608. The summed E-state index contributed by atoms with van der Waals surface area (Å²) in [6.07, 6.45) is 0. The van der Waals surface area contributed by atoms with Crippen LogP contribution in [0, 0.1) is 12.7 Å². The highest BCUT2D eigenvalue weighted by Crippen LogP contribution is 2.37. The smallest absolute Gasteiger partial charge is 0.131 e. The molecule has 0 fully saturated rings. The van der Waals surface area contributed by atoms with Gasteiger partial charge in [-0.2, -0.15) is 0 Å². The van der Waals surface area contributed by atoms with E-state index in [4.69, 9.17) is 4.74 Å². The van der Waals surface area contributed by atoms with Crippen LogP contribution in [0.5, 0.6) is 5.75 Å². The fourth-order valence-electron chi connectivity index (χ4n) is 2.04. The van der Waals surface area contributed by atoms with E-state index in [0.29, 0.717) is 16.6 Å². The van der Waals surface area contributed by atoms with Gasteiger partial charge in [-0.05, 0) is 42.3 Å². The van der Waals surface area contributed by atoms with Crippen molar-refractivity contribution in [2.45, 2.75) is 30.9 Å². The zero-order valence-electron chi connectivity index (χ0n) is 12.2. The van der Waals surface area contributed by atoms with Gasteiger partial charge in [0.1, 0.15) is 11.6 Å². The third-order valence-electron chi connectivity index (χ3n) is 2.96. The monoisotopic (exact) mass is 290 g/mol. The van der Waals surface area contributed by atoms with Gasteiger partial charge in [0.05, 0.1) is 7.11 Å². The number of benzene rings is 2. The number of rotatable bonds is 4. The number of halogens is 1. The van der Waals surface area contributed by atoms with Gasteiger partial charge >= 0.3 is 0 Å². The van der Waals surface area contributed by atoms with Crippen molar-refractivity contribution in [3.05, 3.63) is 47.8 Å². The minimum absolute atomic E-state index is 0.222. The molecule has 3 heteroatoms. The first-order valence-electron chi connectivity index (χ1n) is 6.62. The van der Waals surface area contributed by atoms with Crippen molar-refractivity contribution in [2.75, 3.05) is 7.11 Å². The number of hydrogen-bond donors (Lipinski definition) is 0.